The van der Waals surface area contributed by atoms with Crippen LogP contribution in [0, 0.1) is 11.7 Å². The van der Waals surface area contributed by atoms with Gasteiger partial charge in [-0.1, -0.05) is 6.07 Å². The molecule has 0 fully saturated rings. The molecule has 102 valence electrons. The van der Waals surface area contributed by atoms with Gasteiger partial charge in [-0.05, 0) is 49.8 Å². The first-order chi connectivity index (χ1) is 9.70. The molecule has 0 bridgehead atoms. The summed E-state index contributed by atoms with van der Waals surface area (Å²) in [5.41, 5.74) is 3.88. The number of aryl methyl sites for hydroxylation is 1. The molecule has 20 heavy (non-hydrogen) atoms. The van der Waals surface area contributed by atoms with Crippen molar-refractivity contribution in [3.05, 3.63) is 46.9 Å². The average Bonchev–Trinajstić information content (AvgIpc) is 2.77. The molecule has 0 aliphatic heterocycles. The van der Waals surface area contributed by atoms with Gasteiger partial charge in [0.05, 0.1) is 17.8 Å². The largest absolute Gasteiger partial charge is 0.494 e. The maximum atomic E-state index is 5.54. The zero-order valence-electron chi connectivity index (χ0n) is 11.4. The smallest absolute Gasteiger partial charge is 0.184 e. The van der Waals surface area contributed by atoms with Crippen LogP contribution in [-0.2, 0) is 0 Å². The predicted molar refractivity (Wildman–Crippen MR) is 82.2 cm³/mol. The summed E-state index contributed by atoms with van der Waals surface area (Å²) >= 11 is 5.43. The molecular weight excluding hydrogens is 270 g/mol. The van der Waals surface area contributed by atoms with Crippen molar-refractivity contribution < 1.29 is 4.74 Å². The average molecular weight is 285 g/mol. The van der Waals surface area contributed by atoms with Crippen LogP contribution in [0.4, 0.5) is 0 Å². The van der Waals surface area contributed by atoms with Crippen LogP contribution in [0.2, 0.25) is 0 Å². The Labute approximate surface area is 122 Å². The van der Waals surface area contributed by atoms with Crippen molar-refractivity contribution in [2.24, 2.45) is 0 Å². The number of pyridine rings is 1. The molecule has 3 aromatic rings. The molecular formula is C15H15N3OS. The molecule has 0 unspecified atom stereocenters. The number of hydrogen-bond donors (Lipinski definition) is 1. The van der Waals surface area contributed by atoms with Crippen molar-refractivity contribution >= 4 is 23.4 Å². The van der Waals surface area contributed by atoms with E-state index in [1.165, 1.54) is 0 Å². The van der Waals surface area contributed by atoms with Gasteiger partial charge in [0.15, 0.2) is 10.4 Å². The number of imidazole rings is 1. The summed E-state index contributed by atoms with van der Waals surface area (Å²) in [7, 11) is 0. The van der Waals surface area contributed by atoms with Crippen molar-refractivity contribution in [1.29, 1.82) is 0 Å². The first kappa shape index (κ1) is 12.9. The van der Waals surface area contributed by atoms with Crippen LogP contribution in [0.15, 0.2) is 36.5 Å². The van der Waals surface area contributed by atoms with E-state index >= 15 is 0 Å². The van der Waals surface area contributed by atoms with Gasteiger partial charge >= 0.3 is 0 Å². The summed E-state index contributed by atoms with van der Waals surface area (Å²) in [6.07, 6.45) is 1.79. The van der Waals surface area contributed by atoms with Crippen molar-refractivity contribution in [3.63, 3.8) is 0 Å². The second-order valence-corrected chi connectivity index (χ2v) is 4.91. The van der Waals surface area contributed by atoms with Crippen LogP contribution >= 0.6 is 12.2 Å². The van der Waals surface area contributed by atoms with Crippen LogP contribution in [0.3, 0.4) is 0 Å². The number of ether oxygens (including phenoxy) is 1. The van der Waals surface area contributed by atoms with Crippen molar-refractivity contribution in [1.82, 2.24) is 14.5 Å². The third-order valence-corrected chi connectivity index (χ3v) is 3.46. The van der Waals surface area contributed by atoms with Gasteiger partial charge in [-0.25, -0.2) is 4.98 Å². The minimum absolute atomic E-state index is 0.635. The van der Waals surface area contributed by atoms with E-state index in [1.54, 1.807) is 6.20 Å². The molecule has 0 radical (unpaired) electrons. The number of hydrogen-bond acceptors (Lipinski definition) is 3. The highest BCUT2D eigenvalue weighted by molar-refractivity contribution is 7.71. The highest BCUT2D eigenvalue weighted by atomic mass is 32.1. The number of aromatic nitrogens is 3. The summed E-state index contributed by atoms with van der Waals surface area (Å²) in [6, 6.07) is 9.82. The molecule has 1 aromatic carbocycles. The minimum atomic E-state index is 0.635. The first-order valence-electron chi connectivity index (χ1n) is 6.50. The van der Waals surface area contributed by atoms with E-state index in [2.05, 4.69) is 9.97 Å². The van der Waals surface area contributed by atoms with Crippen molar-refractivity contribution in [2.75, 3.05) is 6.61 Å². The van der Waals surface area contributed by atoms with Gasteiger partial charge in [0.2, 0.25) is 0 Å². The molecule has 0 saturated heterocycles. The lowest BCUT2D eigenvalue weighted by atomic mass is 10.2. The Morgan fingerprint density at radius 3 is 3.00 bits per heavy atom. The number of nitrogens with one attached hydrogen (secondary N) is 1. The normalized spacial score (nSPS) is 10.9. The molecule has 0 atom stereocenters. The molecule has 0 spiro atoms. The van der Waals surface area contributed by atoms with Gasteiger partial charge in [0, 0.05) is 12.3 Å². The summed E-state index contributed by atoms with van der Waals surface area (Å²) in [4.78, 5) is 7.66. The van der Waals surface area contributed by atoms with Gasteiger partial charge in [-0.3, -0.25) is 4.57 Å². The van der Waals surface area contributed by atoms with Crippen molar-refractivity contribution in [2.45, 2.75) is 13.8 Å². The van der Waals surface area contributed by atoms with E-state index in [1.807, 2.05) is 48.7 Å². The predicted octanol–water partition coefficient (Wildman–Crippen LogP) is 3.79. The maximum absolute atomic E-state index is 5.54. The monoisotopic (exact) mass is 285 g/mol. The number of rotatable bonds is 3. The van der Waals surface area contributed by atoms with E-state index in [0.29, 0.717) is 11.4 Å². The zero-order valence-corrected chi connectivity index (χ0v) is 12.2. The van der Waals surface area contributed by atoms with Crippen LogP contribution in [0.1, 0.15) is 12.5 Å². The Bertz CT molecular complexity index is 819. The third-order valence-electron chi connectivity index (χ3n) is 3.17. The topological polar surface area (TPSA) is 42.8 Å². The molecule has 2 aromatic heterocycles. The number of benzene rings is 1. The fourth-order valence-electron chi connectivity index (χ4n) is 2.25. The Kier molecular flexibility index (Phi) is 3.28. The van der Waals surface area contributed by atoms with E-state index in [0.717, 1.165) is 28.2 Å². The quantitative estimate of drug-likeness (QED) is 0.744. The molecule has 5 heteroatoms. The summed E-state index contributed by atoms with van der Waals surface area (Å²) < 4.78 is 8.11. The van der Waals surface area contributed by atoms with Crippen molar-refractivity contribution in [3.8, 4) is 11.4 Å². The Hall–Kier alpha value is -2.14. The van der Waals surface area contributed by atoms with Gasteiger partial charge in [-0.15, -0.1) is 0 Å². The van der Waals surface area contributed by atoms with E-state index in [-0.39, 0.29) is 0 Å². The maximum Gasteiger partial charge on any atom is 0.184 e. The molecule has 2 heterocycles. The number of aromatic amines is 1. The molecule has 0 aliphatic rings. The Morgan fingerprint density at radius 2 is 2.20 bits per heavy atom. The molecule has 0 amide bonds. The lowest BCUT2D eigenvalue weighted by Crippen LogP contribution is -1.97. The summed E-state index contributed by atoms with van der Waals surface area (Å²) in [6.45, 7) is 4.64. The van der Waals surface area contributed by atoms with Crippen LogP contribution < -0.4 is 4.74 Å². The number of nitrogens with zero attached hydrogens (tertiary/aromatic N) is 2. The fraction of sp³-hybridized carbons (Fsp3) is 0.200. The molecule has 3 rings (SSSR count). The second-order valence-electron chi connectivity index (χ2n) is 4.52. The lowest BCUT2D eigenvalue weighted by Gasteiger charge is -2.07. The minimum Gasteiger partial charge on any atom is -0.494 e. The number of H-pyrrole nitrogens is 1. The Balaban J connectivity index is 2.24. The van der Waals surface area contributed by atoms with Gasteiger partial charge < -0.3 is 9.72 Å². The highest BCUT2D eigenvalue weighted by Gasteiger charge is 2.09. The van der Waals surface area contributed by atoms with E-state index in [4.69, 9.17) is 17.0 Å². The SMILES string of the molecule is CCOc1cccc(-n2c(=S)[nH]c3c(C)ccnc32)c1. The van der Waals surface area contributed by atoms with Crippen LogP contribution in [0.25, 0.3) is 16.9 Å². The van der Waals surface area contributed by atoms with Crippen LogP contribution in [-0.4, -0.2) is 21.1 Å². The van der Waals surface area contributed by atoms with E-state index < -0.39 is 0 Å². The standard InChI is InChI=1S/C15H15N3OS/c1-3-19-12-6-4-5-11(9-12)18-14-13(17-15(18)20)10(2)7-8-16-14/h4-9H,3H2,1-2H3,(H,17,20). The fourth-order valence-corrected chi connectivity index (χ4v) is 2.54. The summed E-state index contributed by atoms with van der Waals surface area (Å²) in [5, 5.41) is 0. The molecule has 4 nitrogen and oxygen atoms in total. The third kappa shape index (κ3) is 2.10. The number of fused-ring (bicyclic) bond motifs is 1. The molecule has 0 saturated carbocycles. The zero-order chi connectivity index (χ0) is 14.1. The van der Waals surface area contributed by atoms with Gasteiger partial charge in [0.25, 0.3) is 0 Å². The lowest BCUT2D eigenvalue weighted by molar-refractivity contribution is 0.340. The van der Waals surface area contributed by atoms with Gasteiger partial charge in [-0.2, -0.15) is 0 Å². The van der Waals surface area contributed by atoms with Crippen LogP contribution in [0.5, 0.6) is 5.75 Å². The highest BCUT2D eigenvalue weighted by Crippen LogP contribution is 2.22. The summed E-state index contributed by atoms with van der Waals surface area (Å²) in [5.74, 6) is 0.828. The first-order valence-corrected chi connectivity index (χ1v) is 6.91. The van der Waals surface area contributed by atoms with E-state index in [9.17, 15) is 0 Å². The Morgan fingerprint density at radius 1 is 1.35 bits per heavy atom. The second kappa shape index (κ2) is 5.09. The molecule has 0 aliphatic carbocycles. The van der Waals surface area contributed by atoms with Gasteiger partial charge in [0.1, 0.15) is 5.75 Å². The molecule has 1 N–H and O–H groups in total.